The first-order valence-electron chi connectivity index (χ1n) is 4.47. The first-order chi connectivity index (χ1) is 7.65. The van der Waals surface area contributed by atoms with E-state index in [1.54, 1.807) is 12.1 Å². The summed E-state index contributed by atoms with van der Waals surface area (Å²) in [6.07, 6.45) is 0. The molecule has 0 aliphatic rings. The van der Waals surface area contributed by atoms with Crippen molar-refractivity contribution in [3.8, 4) is 0 Å². The molecular formula is C11H7BrFNO2. The number of anilines is 1. The van der Waals surface area contributed by atoms with E-state index in [2.05, 4.69) is 21.2 Å². The molecule has 0 saturated heterocycles. The van der Waals surface area contributed by atoms with E-state index in [0.717, 1.165) is 0 Å². The Morgan fingerprint density at radius 3 is 2.44 bits per heavy atom. The van der Waals surface area contributed by atoms with E-state index in [1.807, 2.05) is 0 Å². The molecule has 1 heterocycles. The van der Waals surface area contributed by atoms with E-state index < -0.39 is 0 Å². The van der Waals surface area contributed by atoms with Gasteiger partial charge in [0.2, 0.25) is 0 Å². The van der Waals surface area contributed by atoms with Crippen LogP contribution in [0.1, 0.15) is 10.6 Å². The lowest BCUT2D eigenvalue weighted by molar-refractivity contribution is 0.0995. The van der Waals surface area contributed by atoms with Gasteiger partial charge in [0.1, 0.15) is 5.82 Å². The van der Waals surface area contributed by atoms with Gasteiger partial charge in [0.15, 0.2) is 10.4 Å². The number of hydrogen-bond acceptors (Lipinski definition) is 2. The Labute approximate surface area is 99.4 Å². The maximum Gasteiger partial charge on any atom is 0.291 e. The van der Waals surface area contributed by atoms with Gasteiger partial charge in [0.25, 0.3) is 5.91 Å². The van der Waals surface area contributed by atoms with Crippen LogP contribution in [-0.4, -0.2) is 5.91 Å². The lowest BCUT2D eigenvalue weighted by Crippen LogP contribution is -2.10. The molecule has 0 aliphatic carbocycles. The number of nitrogens with one attached hydrogen (secondary N) is 1. The van der Waals surface area contributed by atoms with E-state index in [1.165, 1.54) is 24.3 Å². The van der Waals surface area contributed by atoms with Crippen LogP contribution < -0.4 is 5.32 Å². The number of benzene rings is 1. The molecule has 0 radical (unpaired) electrons. The molecule has 2 aromatic rings. The van der Waals surface area contributed by atoms with Crippen molar-refractivity contribution >= 4 is 27.5 Å². The van der Waals surface area contributed by atoms with Crippen LogP contribution >= 0.6 is 15.9 Å². The van der Waals surface area contributed by atoms with Crippen LogP contribution in [0.3, 0.4) is 0 Å². The maximum absolute atomic E-state index is 12.6. The van der Waals surface area contributed by atoms with Gasteiger partial charge >= 0.3 is 0 Å². The molecule has 0 bridgehead atoms. The van der Waals surface area contributed by atoms with Gasteiger partial charge in [-0.15, -0.1) is 0 Å². The van der Waals surface area contributed by atoms with Crippen molar-refractivity contribution in [1.29, 1.82) is 0 Å². The van der Waals surface area contributed by atoms with Gasteiger partial charge in [-0.2, -0.15) is 0 Å². The highest BCUT2D eigenvalue weighted by molar-refractivity contribution is 9.10. The van der Waals surface area contributed by atoms with Crippen LogP contribution in [-0.2, 0) is 0 Å². The fourth-order valence-corrected chi connectivity index (χ4v) is 1.47. The summed E-state index contributed by atoms with van der Waals surface area (Å²) in [6.45, 7) is 0. The molecule has 82 valence electrons. The fraction of sp³-hybridized carbons (Fsp3) is 0. The molecule has 1 amide bonds. The minimum Gasteiger partial charge on any atom is -0.444 e. The van der Waals surface area contributed by atoms with Crippen LogP contribution in [0, 0.1) is 5.82 Å². The summed E-state index contributed by atoms with van der Waals surface area (Å²) in [7, 11) is 0. The predicted molar refractivity (Wildman–Crippen MR) is 60.8 cm³/mol. The van der Waals surface area contributed by atoms with E-state index >= 15 is 0 Å². The number of carbonyl (C=O) groups is 1. The molecule has 0 saturated carbocycles. The third kappa shape index (κ3) is 2.49. The van der Waals surface area contributed by atoms with E-state index in [9.17, 15) is 9.18 Å². The van der Waals surface area contributed by atoms with Crippen LogP contribution in [0.2, 0.25) is 0 Å². The topological polar surface area (TPSA) is 42.2 Å². The average molecular weight is 284 g/mol. The molecule has 1 N–H and O–H groups in total. The highest BCUT2D eigenvalue weighted by Crippen LogP contribution is 2.16. The number of amides is 1. The van der Waals surface area contributed by atoms with Crippen molar-refractivity contribution in [2.45, 2.75) is 0 Å². The Hall–Kier alpha value is -1.62. The highest BCUT2D eigenvalue weighted by Gasteiger charge is 2.10. The summed E-state index contributed by atoms with van der Waals surface area (Å²) in [6, 6.07) is 8.67. The molecule has 2 rings (SSSR count). The predicted octanol–water partition coefficient (Wildman–Crippen LogP) is 3.43. The van der Waals surface area contributed by atoms with Crippen molar-refractivity contribution in [1.82, 2.24) is 0 Å². The molecule has 0 spiro atoms. The number of rotatable bonds is 2. The third-order valence-electron chi connectivity index (χ3n) is 1.90. The summed E-state index contributed by atoms with van der Waals surface area (Å²) >= 11 is 3.10. The van der Waals surface area contributed by atoms with Crippen LogP contribution in [0.5, 0.6) is 0 Å². The Kier molecular flexibility index (Phi) is 3.05. The Balaban J connectivity index is 2.10. The SMILES string of the molecule is O=C(Nc1ccc(F)cc1)c1ccc(Br)o1. The number of furan rings is 1. The van der Waals surface area contributed by atoms with Gasteiger partial charge in [-0.1, -0.05) is 0 Å². The second-order valence-electron chi connectivity index (χ2n) is 3.06. The number of carbonyl (C=O) groups excluding carboxylic acids is 1. The zero-order valence-electron chi connectivity index (χ0n) is 8.04. The van der Waals surface area contributed by atoms with E-state index in [4.69, 9.17) is 4.42 Å². The standard InChI is InChI=1S/C11H7BrFNO2/c12-10-6-5-9(16-10)11(15)14-8-3-1-7(13)2-4-8/h1-6H,(H,14,15). The normalized spacial score (nSPS) is 10.1. The van der Waals surface area contributed by atoms with Crippen LogP contribution in [0.25, 0.3) is 0 Å². The highest BCUT2D eigenvalue weighted by atomic mass is 79.9. The maximum atomic E-state index is 12.6. The second-order valence-corrected chi connectivity index (χ2v) is 3.85. The molecule has 0 atom stereocenters. The summed E-state index contributed by atoms with van der Waals surface area (Å²) < 4.78 is 18.2. The van der Waals surface area contributed by atoms with Crippen LogP contribution in [0.4, 0.5) is 10.1 Å². The average Bonchev–Trinajstić information content (AvgIpc) is 2.68. The lowest BCUT2D eigenvalue weighted by Gasteiger charge is -2.02. The summed E-state index contributed by atoms with van der Waals surface area (Å²) in [4.78, 5) is 11.6. The van der Waals surface area contributed by atoms with E-state index in [-0.39, 0.29) is 17.5 Å². The molecule has 0 fully saturated rings. The van der Waals surface area contributed by atoms with Gasteiger partial charge in [-0.3, -0.25) is 4.79 Å². The molecule has 16 heavy (non-hydrogen) atoms. The van der Waals surface area contributed by atoms with Crippen molar-refractivity contribution in [3.05, 3.63) is 52.6 Å². The molecule has 0 unspecified atom stereocenters. The first kappa shape index (κ1) is 10.9. The largest absolute Gasteiger partial charge is 0.444 e. The van der Waals surface area contributed by atoms with Crippen molar-refractivity contribution in [2.75, 3.05) is 5.32 Å². The third-order valence-corrected chi connectivity index (χ3v) is 2.33. The summed E-state index contributed by atoms with van der Waals surface area (Å²) in [5, 5.41) is 2.58. The molecule has 3 nitrogen and oxygen atoms in total. The van der Waals surface area contributed by atoms with E-state index in [0.29, 0.717) is 10.4 Å². The second kappa shape index (κ2) is 4.49. The fourth-order valence-electron chi connectivity index (χ4n) is 1.16. The minimum atomic E-state index is -0.377. The first-order valence-corrected chi connectivity index (χ1v) is 5.27. The zero-order chi connectivity index (χ0) is 11.5. The Morgan fingerprint density at radius 1 is 1.19 bits per heavy atom. The zero-order valence-corrected chi connectivity index (χ0v) is 9.62. The molecule has 1 aromatic carbocycles. The Morgan fingerprint density at radius 2 is 1.88 bits per heavy atom. The molecule has 1 aromatic heterocycles. The van der Waals surface area contributed by atoms with Crippen LogP contribution in [0.15, 0.2) is 45.5 Å². The Bertz CT molecular complexity index is 507. The quantitative estimate of drug-likeness (QED) is 0.918. The molecule has 5 heteroatoms. The monoisotopic (exact) mass is 283 g/mol. The number of hydrogen-bond donors (Lipinski definition) is 1. The van der Waals surface area contributed by atoms with Gasteiger partial charge in [-0.05, 0) is 52.3 Å². The molecule has 0 aliphatic heterocycles. The van der Waals surface area contributed by atoms with Crippen molar-refractivity contribution in [2.24, 2.45) is 0 Å². The van der Waals surface area contributed by atoms with Crippen molar-refractivity contribution < 1.29 is 13.6 Å². The lowest BCUT2D eigenvalue weighted by atomic mass is 10.3. The van der Waals surface area contributed by atoms with Crippen molar-refractivity contribution in [3.63, 3.8) is 0 Å². The molecular weight excluding hydrogens is 277 g/mol. The van der Waals surface area contributed by atoms with Gasteiger partial charge < -0.3 is 9.73 Å². The number of halogens is 2. The minimum absolute atomic E-state index is 0.191. The van der Waals surface area contributed by atoms with Gasteiger partial charge in [0.05, 0.1) is 0 Å². The van der Waals surface area contributed by atoms with Gasteiger partial charge in [0, 0.05) is 5.69 Å². The summed E-state index contributed by atoms with van der Waals surface area (Å²) in [5.41, 5.74) is 0.513. The van der Waals surface area contributed by atoms with Gasteiger partial charge in [-0.25, -0.2) is 4.39 Å². The smallest absolute Gasteiger partial charge is 0.291 e. The summed E-state index contributed by atoms with van der Waals surface area (Å²) in [5.74, 6) is -0.535.